The summed E-state index contributed by atoms with van der Waals surface area (Å²) in [5, 5.41) is 14.5. The van der Waals surface area contributed by atoms with Gasteiger partial charge in [-0.25, -0.2) is 0 Å². The lowest BCUT2D eigenvalue weighted by molar-refractivity contribution is -0.137. The Morgan fingerprint density at radius 3 is 2.55 bits per heavy atom. The third-order valence-electron chi connectivity index (χ3n) is 8.44. The minimum atomic E-state index is -0.654. The van der Waals surface area contributed by atoms with E-state index in [0.717, 1.165) is 40.9 Å². The molecule has 3 aromatic rings. The Kier molecular flexibility index (Phi) is 8.50. The minimum absolute atomic E-state index is 0.134. The summed E-state index contributed by atoms with van der Waals surface area (Å²) in [6, 6.07) is 20.5. The van der Waals surface area contributed by atoms with Gasteiger partial charge in [0, 0.05) is 50.3 Å². The van der Waals surface area contributed by atoms with Gasteiger partial charge in [-0.1, -0.05) is 30.3 Å². The van der Waals surface area contributed by atoms with E-state index in [2.05, 4.69) is 21.6 Å². The Bertz CT molecular complexity index is 1660. The quantitative estimate of drug-likeness (QED) is 0.384. The van der Waals surface area contributed by atoms with E-state index in [0.29, 0.717) is 56.0 Å². The predicted molar refractivity (Wildman–Crippen MR) is 162 cm³/mol. The monoisotopic (exact) mass is 591 g/mol. The van der Waals surface area contributed by atoms with Crippen LogP contribution in [0.15, 0.2) is 60.7 Å². The molecule has 6 rings (SSSR count). The Hall–Kier alpha value is -4.85. The van der Waals surface area contributed by atoms with Crippen molar-refractivity contribution in [3.63, 3.8) is 0 Å². The number of nitriles is 1. The summed E-state index contributed by atoms with van der Waals surface area (Å²) in [7, 11) is 0. The lowest BCUT2D eigenvalue weighted by Crippen LogP contribution is -2.52. The zero-order chi connectivity index (χ0) is 30.6. The topological polar surface area (TPSA) is 132 Å². The molecule has 44 heavy (non-hydrogen) atoms. The van der Waals surface area contributed by atoms with Crippen molar-refractivity contribution in [2.75, 3.05) is 31.6 Å². The van der Waals surface area contributed by atoms with Crippen LogP contribution < -0.4 is 10.6 Å². The van der Waals surface area contributed by atoms with Gasteiger partial charge in [-0.3, -0.25) is 29.4 Å². The summed E-state index contributed by atoms with van der Waals surface area (Å²) < 4.78 is 5.51. The second-order valence-corrected chi connectivity index (χ2v) is 11.4. The number of morpholine rings is 1. The first kappa shape index (κ1) is 29.2. The number of hydrogen-bond donors (Lipinski definition) is 2. The lowest BCUT2D eigenvalue weighted by Gasteiger charge is -2.29. The maximum atomic E-state index is 13.1. The van der Waals surface area contributed by atoms with E-state index in [1.165, 1.54) is 4.90 Å². The molecule has 2 saturated heterocycles. The van der Waals surface area contributed by atoms with Gasteiger partial charge < -0.3 is 15.0 Å². The van der Waals surface area contributed by atoms with Crippen LogP contribution in [-0.2, 0) is 38.6 Å². The van der Waals surface area contributed by atoms with Crippen LogP contribution in [0.1, 0.15) is 51.9 Å². The van der Waals surface area contributed by atoms with Crippen LogP contribution >= 0.6 is 0 Å². The van der Waals surface area contributed by atoms with Crippen molar-refractivity contribution < 1.29 is 23.9 Å². The zero-order valence-corrected chi connectivity index (χ0v) is 24.3. The van der Waals surface area contributed by atoms with Gasteiger partial charge in [0.2, 0.25) is 17.7 Å². The number of benzene rings is 3. The summed E-state index contributed by atoms with van der Waals surface area (Å²) in [6.07, 6.45) is 1.22. The van der Waals surface area contributed by atoms with E-state index in [1.807, 2.05) is 60.7 Å². The molecule has 1 unspecified atom stereocenters. The number of nitrogens with zero attached hydrogens (tertiary/aromatic N) is 3. The molecule has 0 bridgehead atoms. The van der Waals surface area contributed by atoms with Crippen LogP contribution in [0, 0.1) is 11.3 Å². The van der Waals surface area contributed by atoms with E-state index >= 15 is 0 Å². The molecule has 0 radical (unpaired) electrons. The number of anilines is 1. The van der Waals surface area contributed by atoms with Gasteiger partial charge >= 0.3 is 0 Å². The average molecular weight is 592 g/mol. The number of rotatable bonds is 8. The molecule has 3 aromatic carbocycles. The van der Waals surface area contributed by atoms with Crippen LogP contribution in [0.4, 0.5) is 5.69 Å². The van der Waals surface area contributed by atoms with Crippen LogP contribution in [0.25, 0.3) is 11.1 Å². The number of piperidine rings is 1. The molecule has 10 nitrogen and oxygen atoms in total. The van der Waals surface area contributed by atoms with Gasteiger partial charge in [0.1, 0.15) is 6.04 Å². The number of aryl methyl sites for hydroxylation is 1. The van der Waals surface area contributed by atoms with Gasteiger partial charge in [-0.2, -0.15) is 5.26 Å². The van der Waals surface area contributed by atoms with Crippen LogP contribution in [0.5, 0.6) is 0 Å². The maximum absolute atomic E-state index is 13.1. The highest BCUT2D eigenvalue weighted by Gasteiger charge is 2.39. The van der Waals surface area contributed by atoms with Crippen molar-refractivity contribution in [2.45, 2.75) is 44.8 Å². The Balaban J connectivity index is 1.11. The fraction of sp³-hybridized carbons (Fsp3) is 0.324. The van der Waals surface area contributed by atoms with Crippen molar-refractivity contribution in [1.82, 2.24) is 15.1 Å². The van der Waals surface area contributed by atoms with Crippen LogP contribution in [0.2, 0.25) is 0 Å². The van der Waals surface area contributed by atoms with Crippen molar-refractivity contribution in [3.05, 3.63) is 88.5 Å². The molecule has 0 spiro atoms. The molecule has 2 N–H and O–H groups in total. The first-order valence-corrected chi connectivity index (χ1v) is 14.9. The summed E-state index contributed by atoms with van der Waals surface area (Å²) >= 11 is 0. The summed E-state index contributed by atoms with van der Waals surface area (Å²) in [5.74, 6) is -1.11. The van der Waals surface area contributed by atoms with Crippen LogP contribution in [0.3, 0.4) is 0 Å². The van der Waals surface area contributed by atoms with Crippen LogP contribution in [-0.4, -0.2) is 65.8 Å². The van der Waals surface area contributed by atoms with E-state index in [-0.39, 0.29) is 30.6 Å². The van der Waals surface area contributed by atoms with Crippen molar-refractivity contribution >= 4 is 29.3 Å². The highest BCUT2D eigenvalue weighted by molar-refractivity contribution is 6.05. The molecule has 3 aliphatic heterocycles. The van der Waals surface area contributed by atoms with E-state index in [1.54, 1.807) is 0 Å². The number of amides is 4. The molecule has 2 fully saturated rings. The molecular formula is C34H33N5O5. The minimum Gasteiger partial charge on any atom is -0.379 e. The molecule has 0 aliphatic carbocycles. The number of imide groups is 1. The highest BCUT2D eigenvalue weighted by atomic mass is 16.5. The van der Waals surface area contributed by atoms with E-state index < -0.39 is 11.9 Å². The predicted octanol–water partition coefficient (Wildman–Crippen LogP) is 3.39. The maximum Gasteiger partial charge on any atom is 0.255 e. The molecule has 0 saturated carbocycles. The van der Waals surface area contributed by atoms with Gasteiger partial charge in [-0.15, -0.1) is 0 Å². The lowest BCUT2D eigenvalue weighted by atomic mass is 9.97. The van der Waals surface area contributed by atoms with Gasteiger partial charge in [0.05, 0.1) is 24.8 Å². The summed E-state index contributed by atoms with van der Waals surface area (Å²) in [4.78, 5) is 53.9. The number of carbonyl (C=O) groups excluding carboxylic acids is 4. The van der Waals surface area contributed by atoms with Crippen molar-refractivity contribution in [3.8, 4) is 17.2 Å². The first-order valence-electron chi connectivity index (χ1n) is 14.9. The second kappa shape index (κ2) is 12.8. The Labute approximate surface area is 255 Å². The molecule has 0 aromatic heterocycles. The summed E-state index contributed by atoms with van der Waals surface area (Å²) in [5.41, 5.74) is 6.68. The largest absolute Gasteiger partial charge is 0.379 e. The fourth-order valence-corrected chi connectivity index (χ4v) is 6.05. The Morgan fingerprint density at radius 1 is 1.00 bits per heavy atom. The number of hydrogen-bond acceptors (Lipinski definition) is 7. The third kappa shape index (κ3) is 6.39. The molecule has 3 aliphatic rings. The molecule has 3 heterocycles. The van der Waals surface area contributed by atoms with Gasteiger partial charge in [0.25, 0.3) is 5.91 Å². The molecule has 1 atom stereocenters. The Morgan fingerprint density at radius 2 is 1.80 bits per heavy atom. The number of fused-ring (bicyclic) bond motifs is 1. The van der Waals surface area contributed by atoms with Gasteiger partial charge in [0.15, 0.2) is 0 Å². The molecule has 10 heteroatoms. The smallest absolute Gasteiger partial charge is 0.255 e. The third-order valence-corrected chi connectivity index (χ3v) is 8.44. The van der Waals surface area contributed by atoms with E-state index in [4.69, 9.17) is 4.74 Å². The average Bonchev–Trinajstić information content (AvgIpc) is 3.36. The number of nitrogens with one attached hydrogen (secondary N) is 2. The fourth-order valence-electron chi connectivity index (χ4n) is 6.05. The normalized spacial score (nSPS) is 18.5. The molecule has 224 valence electrons. The zero-order valence-electron chi connectivity index (χ0n) is 24.3. The number of carbonyl (C=O) groups is 4. The number of ether oxygens (including phenoxy) is 1. The van der Waals surface area contributed by atoms with Crippen molar-refractivity contribution in [1.29, 1.82) is 5.26 Å². The van der Waals surface area contributed by atoms with Crippen molar-refractivity contribution in [2.24, 2.45) is 0 Å². The van der Waals surface area contributed by atoms with Gasteiger partial charge in [-0.05, 0) is 71.0 Å². The standard InChI is InChI=1S/C34H33N5O5/c35-19-23-2-5-24(6-3-23)28-9-8-27(18-26(28)20-38-13-15-44-16-14-38)36-31(40)11-4-22-1-7-25-21-39(34(43)29(25)17-22)30-10-12-32(41)37-33(30)42/h1-3,5-9,17-18,30H,4,10-16,20-21H2,(H,36,40)(H,37,41,42). The first-order chi connectivity index (χ1) is 21.4. The molecule has 4 amide bonds. The highest BCUT2D eigenvalue weighted by Crippen LogP contribution is 2.30. The summed E-state index contributed by atoms with van der Waals surface area (Å²) in [6.45, 7) is 4.07. The van der Waals surface area contributed by atoms with E-state index in [9.17, 15) is 24.4 Å². The SMILES string of the molecule is N#Cc1ccc(-c2ccc(NC(=O)CCc3ccc4c(c3)C(=O)N(C3CCC(=O)NC3=O)C4)cc2CN2CCOCC2)cc1. The molecular weight excluding hydrogens is 558 g/mol. The second-order valence-electron chi connectivity index (χ2n) is 11.4.